The Kier molecular flexibility index (Phi) is 4.11. The van der Waals surface area contributed by atoms with Crippen LogP contribution in [0.1, 0.15) is 48.5 Å². The lowest BCUT2D eigenvalue weighted by atomic mass is 9.83. The molecule has 0 spiro atoms. The summed E-state index contributed by atoms with van der Waals surface area (Å²) in [5.41, 5.74) is 3.97. The standard InChI is InChI=1S/C15H27NO2/c1-9-10(2)13(12(18)8-17)15(7,11(9)3)16-14(4,5)6/h12,16-18H,8H2,1-7H3. The number of hydrogen-bond donors (Lipinski definition) is 3. The molecule has 0 bridgehead atoms. The fourth-order valence-electron chi connectivity index (χ4n) is 3.02. The van der Waals surface area contributed by atoms with Crippen LogP contribution in [0, 0.1) is 0 Å². The Bertz CT molecular complexity index is 401. The molecule has 0 aromatic heterocycles. The number of nitrogens with one attached hydrogen (secondary N) is 1. The number of aliphatic hydroxyl groups excluding tert-OH is 2. The van der Waals surface area contributed by atoms with Crippen LogP contribution in [0.25, 0.3) is 0 Å². The van der Waals surface area contributed by atoms with Crippen LogP contribution in [-0.4, -0.2) is 34.0 Å². The van der Waals surface area contributed by atoms with Crippen molar-refractivity contribution in [1.29, 1.82) is 0 Å². The minimum absolute atomic E-state index is 0.0681. The van der Waals surface area contributed by atoms with Gasteiger partial charge in [-0.1, -0.05) is 0 Å². The van der Waals surface area contributed by atoms with E-state index in [0.717, 1.165) is 11.1 Å². The van der Waals surface area contributed by atoms with Gasteiger partial charge in [-0.3, -0.25) is 5.32 Å². The summed E-state index contributed by atoms with van der Waals surface area (Å²) in [7, 11) is 0. The maximum absolute atomic E-state index is 10.1. The molecule has 3 N–H and O–H groups in total. The number of aliphatic hydroxyl groups is 2. The van der Waals surface area contributed by atoms with Gasteiger partial charge in [0.25, 0.3) is 0 Å². The summed E-state index contributed by atoms with van der Waals surface area (Å²) in [4.78, 5) is 0. The smallest absolute Gasteiger partial charge is 0.101 e. The largest absolute Gasteiger partial charge is 0.393 e. The summed E-state index contributed by atoms with van der Waals surface area (Å²) in [6.45, 7) is 14.4. The van der Waals surface area contributed by atoms with E-state index in [1.807, 2.05) is 6.92 Å². The molecule has 1 rings (SSSR count). The van der Waals surface area contributed by atoms with Crippen LogP contribution >= 0.6 is 0 Å². The average Bonchev–Trinajstić information content (AvgIpc) is 2.37. The monoisotopic (exact) mass is 253 g/mol. The maximum Gasteiger partial charge on any atom is 0.101 e. The predicted molar refractivity (Wildman–Crippen MR) is 75.5 cm³/mol. The summed E-state index contributed by atoms with van der Waals surface area (Å²) in [5.74, 6) is 0. The van der Waals surface area contributed by atoms with Crippen molar-refractivity contribution in [2.75, 3.05) is 6.61 Å². The minimum atomic E-state index is -0.808. The summed E-state index contributed by atoms with van der Waals surface area (Å²) < 4.78 is 0. The van der Waals surface area contributed by atoms with Crippen molar-refractivity contribution in [3.05, 3.63) is 22.3 Å². The second-order valence-electron chi connectivity index (χ2n) is 6.49. The molecule has 1 aliphatic carbocycles. The van der Waals surface area contributed by atoms with Gasteiger partial charge < -0.3 is 10.2 Å². The van der Waals surface area contributed by atoms with Crippen LogP contribution in [0.4, 0.5) is 0 Å². The van der Waals surface area contributed by atoms with E-state index in [-0.39, 0.29) is 17.7 Å². The lowest BCUT2D eigenvalue weighted by Crippen LogP contribution is -2.55. The first-order valence-corrected chi connectivity index (χ1v) is 6.52. The molecule has 0 heterocycles. The summed E-state index contributed by atoms with van der Waals surface area (Å²) in [6.07, 6.45) is -0.808. The van der Waals surface area contributed by atoms with Crippen molar-refractivity contribution in [3.8, 4) is 0 Å². The SMILES string of the molecule is CC1=C(C)C(C)(NC(C)(C)C)C(C(O)CO)=C1C. The molecular weight excluding hydrogens is 226 g/mol. The topological polar surface area (TPSA) is 52.5 Å². The molecule has 0 fully saturated rings. The van der Waals surface area contributed by atoms with Crippen LogP contribution in [-0.2, 0) is 0 Å². The van der Waals surface area contributed by atoms with Gasteiger partial charge in [-0.15, -0.1) is 0 Å². The lowest BCUT2D eigenvalue weighted by molar-refractivity contribution is 0.108. The zero-order chi connectivity index (χ0) is 14.3. The van der Waals surface area contributed by atoms with Crippen molar-refractivity contribution >= 4 is 0 Å². The molecule has 3 heteroatoms. The highest BCUT2D eigenvalue weighted by Crippen LogP contribution is 2.42. The first-order chi connectivity index (χ1) is 8.04. The predicted octanol–water partition coefficient (Wildman–Crippen LogP) is 2.15. The average molecular weight is 253 g/mol. The zero-order valence-corrected chi connectivity index (χ0v) is 12.7. The molecule has 0 saturated carbocycles. The van der Waals surface area contributed by atoms with E-state index in [2.05, 4.69) is 46.9 Å². The number of rotatable bonds is 3. The Morgan fingerprint density at radius 2 is 1.67 bits per heavy atom. The number of allylic oxidation sites excluding steroid dienone is 2. The van der Waals surface area contributed by atoms with Crippen molar-refractivity contribution in [1.82, 2.24) is 5.32 Å². The molecule has 18 heavy (non-hydrogen) atoms. The molecule has 2 unspecified atom stereocenters. The molecule has 0 aliphatic heterocycles. The minimum Gasteiger partial charge on any atom is -0.393 e. The normalized spacial score (nSPS) is 27.2. The lowest BCUT2D eigenvalue weighted by Gasteiger charge is -2.40. The van der Waals surface area contributed by atoms with Crippen LogP contribution in [0.15, 0.2) is 22.3 Å². The van der Waals surface area contributed by atoms with Gasteiger partial charge in [0.1, 0.15) is 6.10 Å². The third kappa shape index (κ3) is 2.53. The summed E-state index contributed by atoms with van der Waals surface area (Å²) in [5, 5.41) is 23.0. The highest BCUT2D eigenvalue weighted by molar-refractivity contribution is 5.56. The van der Waals surface area contributed by atoms with E-state index in [1.165, 1.54) is 11.1 Å². The van der Waals surface area contributed by atoms with Crippen molar-refractivity contribution in [2.24, 2.45) is 0 Å². The Morgan fingerprint density at radius 3 is 2.06 bits per heavy atom. The van der Waals surface area contributed by atoms with E-state index < -0.39 is 6.10 Å². The third-order valence-corrected chi connectivity index (χ3v) is 3.95. The number of hydrogen-bond acceptors (Lipinski definition) is 3. The van der Waals surface area contributed by atoms with Gasteiger partial charge in [0.05, 0.1) is 12.1 Å². The third-order valence-electron chi connectivity index (χ3n) is 3.95. The molecule has 104 valence electrons. The Balaban J connectivity index is 3.30. The van der Waals surface area contributed by atoms with Gasteiger partial charge in [-0.2, -0.15) is 0 Å². The Labute approximate surface area is 111 Å². The fourth-order valence-corrected chi connectivity index (χ4v) is 3.02. The van der Waals surface area contributed by atoms with E-state index >= 15 is 0 Å². The van der Waals surface area contributed by atoms with Crippen LogP contribution in [0.2, 0.25) is 0 Å². The maximum atomic E-state index is 10.1. The van der Waals surface area contributed by atoms with Crippen molar-refractivity contribution in [2.45, 2.75) is 65.6 Å². The zero-order valence-electron chi connectivity index (χ0n) is 12.7. The van der Waals surface area contributed by atoms with Gasteiger partial charge in [0.2, 0.25) is 0 Å². The van der Waals surface area contributed by atoms with E-state index in [0.29, 0.717) is 0 Å². The molecule has 0 saturated heterocycles. The molecule has 2 atom stereocenters. The van der Waals surface area contributed by atoms with Gasteiger partial charge >= 0.3 is 0 Å². The second-order valence-corrected chi connectivity index (χ2v) is 6.49. The first kappa shape index (κ1) is 15.4. The van der Waals surface area contributed by atoms with Gasteiger partial charge in [0, 0.05) is 5.54 Å². The van der Waals surface area contributed by atoms with Gasteiger partial charge in [-0.05, 0) is 70.8 Å². The van der Waals surface area contributed by atoms with Gasteiger partial charge in [-0.25, -0.2) is 0 Å². The van der Waals surface area contributed by atoms with Crippen molar-refractivity contribution in [3.63, 3.8) is 0 Å². The molecule has 0 aromatic rings. The Morgan fingerprint density at radius 1 is 1.17 bits per heavy atom. The quantitative estimate of drug-likeness (QED) is 0.722. The van der Waals surface area contributed by atoms with E-state index in [9.17, 15) is 10.2 Å². The summed E-state index contributed by atoms with van der Waals surface area (Å²) in [6, 6.07) is 0. The van der Waals surface area contributed by atoms with E-state index in [1.54, 1.807) is 0 Å². The molecule has 0 amide bonds. The van der Waals surface area contributed by atoms with Gasteiger partial charge in [0.15, 0.2) is 0 Å². The molecular formula is C15H27NO2. The highest BCUT2D eigenvalue weighted by Gasteiger charge is 2.43. The van der Waals surface area contributed by atoms with Crippen molar-refractivity contribution < 1.29 is 10.2 Å². The first-order valence-electron chi connectivity index (χ1n) is 6.52. The van der Waals surface area contributed by atoms with E-state index in [4.69, 9.17) is 0 Å². The molecule has 1 aliphatic rings. The summed E-state index contributed by atoms with van der Waals surface area (Å²) >= 11 is 0. The van der Waals surface area contributed by atoms with Crippen LogP contribution in [0.5, 0.6) is 0 Å². The van der Waals surface area contributed by atoms with Crippen LogP contribution in [0.3, 0.4) is 0 Å². The Hall–Kier alpha value is -0.640. The van der Waals surface area contributed by atoms with Crippen LogP contribution < -0.4 is 5.32 Å². The molecule has 0 radical (unpaired) electrons. The fraction of sp³-hybridized carbons (Fsp3) is 0.733. The highest BCUT2D eigenvalue weighted by atomic mass is 16.3. The molecule has 3 nitrogen and oxygen atoms in total. The second kappa shape index (κ2) is 4.80. The molecule has 0 aromatic carbocycles.